The first-order valence-electron chi connectivity index (χ1n) is 5.91. The van der Waals surface area contributed by atoms with Gasteiger partial charge in [0.2, 0.25) is 0 Å². The van der Waals surface area contributed by atoms with E-state index in [9.17, 15) is 9.50 Å². The van der Waals surface area contributed by atoms with Gasteiger partial charge in [-0.05, 0) is 31.0 Å². The van der Waals surface area contributed by atoms with Gasteiger partial charge in [0.1, 0.15) is 5.82 Å². The van der Waals surface area contributed by atoms with Crippen molar-refractivity contribution < 1.29 is 9.50 Å². The predicted octanol–water partition coefficient (Wildman–Crippen LogP) is 2.68. The fourth-order valence-corrected chi connectivity index (χ4v) is 2.39. The quantitative estimate of drug-likeness (QED) is 0.881. The molecule has 1 fully saturated rings. The topological polar surface area (TPSA) is 23.5 Å². The van der Waals surface area contributed by atoms with Crippen molar-refractivity contribution in [3.8, 4) is 0 Å². The summed E-state index contributed by atoms with van der Waals surface area (Å²) in [6, 6.07) is 4.72. The lowest BCUT2D eigenvalue weighted by Gasteiger charge is -2.34. The Hall–Kier alpha value is -0.640. The maximum Gasteiger partial charge on any atom is 0.129 e. The number of likely N-dealkylation sites (tertiary alicyclic amines) is 1. The summed E-state index contributed by atoms with van der Waals surface area (Å²) in [6.45, 7) is 3.97. The molecule has 4 heteroatoms. The Balaban J connectivity index is 2.06. The Kier molecular flexibility index (Phi) is 4.02. The molecule has 1 aliphatic heterocycles. The Bertz CT molecular complexity index is 379. The second kappa shape index (κ2) is 5.34. The molecule has 17 heavy (non-hydrogen) atoms. The van der Waals surface area contributed by atoms with Crippen LogP contribution in [0.1, 0.15) is 18.9 Å². The Morgan fingerprint density at radius 3 is 2.94 bits per heavy atom. The van der Waals surface area contributed by atoms with Crippen LogP contribution in [0.3, 0.4) is 0 Å². The first-order valence-corrected chi connectivity index (χ1v) is 6.29. The Morgan fingerprint density at radius 1 is 1.53 bits per heavy atom. The van der Waals surface area contributed by atoms with Crippen molar-refractivity contribution in [1.82, 2.24) is 4.90 Å². The van der Waals surface area contributed by atoms with Crippen LogP contribution < -0.4 is 0 Å². The molecule has 2 unspecified atom stereocenters. The summed E-state index contributed by atoms with van der Waals surface area (Å²) in [5.41, 5.74) is 0.524. The number of aliphatic hydroxyl groups is 1. The molecule has 0 bridgehead atoms. The van der Waals surface area contributed by atoms with E-state index in [0.717, 1.165) is 13.0 Å². The van der Waals surface area contributed by atoms with Crippen molar-refractivity contribution in [2.24, 2.45) is 5.92 Å². The van der Waals surface area contributed by atoms with Gasteiger partial charge in [0.15, 0.2) is 0 Å². The van der Waals surface area contributed by atoms with E-state index in [1.165, 1.54) is 6.07 Å². The maximum atomic E-state index is 13.6. The first kappa shape index (κ1) is 12.8. The number of benzene rings is 1. The van der Waals surface area contributed by atoms with Crippen LogP contribution in [-0.4, -0.2) is 29.2 Å². The third kappa shape index (κ3) is 2.97. The molecular weight excluding hydrogens is 241 g/mol. The van der Waals surface area contributed by atoms with Crippen LogP contribution in [0.25, 0.3) is 0 Å². The largest absolute Gasteiger partial charge is 0.392 e. The van der Waals surface area contributed by atoms with Crippen LogP contribution in [-0.2, 0) is 6.54 Å². The molecule has 1 heterocycles. The number of halogens is 2. The van der Waals surface area contributed by atoms with Gasteiger partial charge in [-0.3, -0.25) is 4.90 Å². The molecule has 2 atom stereocenters. The van der Waals surface area contributed by atoms with Gasteiger partial charge < -0.3 is 5.11 Å². The zero-order chi connectivity index (χ0) is 12.4. The number of nitrogens with zero attached hydrogens (tertiary/aromatic N) is 1. The van der Waals surface area contributed by atoms with E-state index in [0.29, 0.717) is 29.6 Å². The van der Waals surface area contributed by atoms with Gasteiger partial charge in [0, 0.05) is 23.7 Å². The van der Waals surface area contributed by atoms with Gasteiger partial charge in [-0.15, -0.1) is 0 Å². The highest BCUT2D eigenvalue weighted by Gasteiger charge is 2.25. The molecule has 0 amide bonds. The summed E-state index contributed by atoms with van der Waals surface area (Å²) in [7, 11) is 0. The molecule has 94 valence electrons. The highest BCUT2D eigenvalue weighted by Crippen LogP contribution is 2.24. The minimum absolute atomic E-state index is 0.273. The normalized spacial score (nSPS) is 26.1. The average molecular weight is 258 g/mol. The number of hydrogen-bond donors (Lipinski definition) is 1. The summed E-state index contributed by atoms with van der Waals surface area (Å²) in [5, 5.41) is 10.3. The second-order valence-electron chi connectivity index (χ2n) is 4.77. The Labute approximate surface area is 106 Å². The fraction of sp³-hybridized carbons (Fsp3) is 0.538. The lowest BCUT2D eigenvalue weighted by Crippen LogP contribution is -2.42. The van der Waals surface area contributed by atoms with Gasteiger partial charge >= 0.3 is 0 Å². The van der Waals surface area contributed by atoms with Crippen LogP contribution >= 0.6 is 11.6 Å². The van der Waals surface area contributed by atoms with Gasteiger partial charge in [-0.25, -0.2) is 4.39 Å². The highest BCUT2D eigenvalue weighted by atomic mass is 35.5. The Morgan fingerprint density at radius 2 is 2.29 bits per heavy atom. The summed E-state index contributed by atoms with van der Waals surface area (Å²) >= 11 is 5.98. The summed E-state index contributed by atoms with van der Waals surface area (Å²) < 4.78 is 13.6. The fourth-order valence-electron chi connectivity index (χ4n) is 2.16. The van der Waals surface area contributed by atoms with E-state index in [-0.39, 0.29) is 11.9 Å². The van der Waals surface area contributed by atoms with Crippen molar-refractivity contribution >= 4 is 11.6 Å². The number of aliphatic hydroxyl groups excluding tert-OH is 1. The molecule has 1 aliphatic rings. The van der Waals surface area contributed by atoms with Crippen LogP contribution in [0, 0.1) is 11.7 Å². The van der Waals surface area contributed by atoms with Crippen LogP contribution in [0.4, 0.5) is 4.39 Å². The SMILES string of the molecule is CC1CCN(Cc2c(F)cccc2Cl)CC1O. The standard InChI is InChI=1S/C13H17ClFNO/c1-9-5-6-16(8-13(9)17)7-10-11(14)3-2-4-12(10)15/h2-4,9,13,17H,5-8H2,1H3. The lowest BCUT2D eigenvalue weighted by molar-refractivity contribution is 0.0255. The smallest absolute Gasteiger partial charge is 0.129 e. The molecule has 1 saturated heterocycles. The summed E-state index contributed by atoms with van der Waals surface area (Å²) in [4.78, 5) is 2.05. The number of rotatable bonds is 2. The van der Waals surface area contributed by atoms with E-state index in [2.05, 4.69) is 4.90 Å². The van der Waals surface area contributed by atoms with E-state index < -0.39 is 0 Å². The third-order valence-corrected chi connectivity index (χ3v) is 3.80. The van der Waals surface area contributed by atoms with Gasteiger partial charge in [-0.1, -0.05) is 24.6 Å². The number of piperidine rings is 1. The van der Waals surface area contributed by atoms with E-state index >= 15 is 0 Å². The van der Waals surface area contributed by atoms with E-state index in [4.69, 9.17) is 11.6 Å². The second-order valence-corrected chi connectivity index (χ2v) is 5.18. The van der Waals surface area contributed by atoms with Crippen LogP contribution in [0.2, 0.25) is 5.02 Å². The van der Waals surface area contributed by atoms with E-state index in [1.807, 2.05) is 6.92 Å². The molecule has 1 N–H and O–H groups in total. The lowest BCUT2D eigenvalue weighted by atomic mass is 9.96. The zero-order valence-electron chi connectivity index (χ0n) is 9.87. The molecule has 2 nitrogen and oxygen atoms in total. The third-order valence-electron chi connectivity index (χ3n) is 3.45. The van der Waals surface area contributed by atoms with Crippen LogP contribution in [0.15, 0.2) is 18.2 Å². The summed E-state index contributed by atoms with van der Waals surface area (Å²) in [5.74, 6) is 0.0490. The molecule has 0 radical (unpaired) electrons. The van der Waals surface area contributed by atoms with Gasteiger partial charge in [0.05, 0.1) is 6.10 Å². The van der Waals surface area contributed by atoms with Crippen molar-refractivity contribution in [3.05, 3.63) is 34.6 Å². The predicted molar refractivity (Wildman–Crippen MR) is 66.5 cm³/mol. The first-order chi connectivity index (χ1) is 8.08. The van der Waals surface area contributed by atoms with Crippen molar-refractivity contribution in [3.63, 3.8) is 0 Å². The number of β-amino-alcohol motifs (C(OH)–C–C–N with tert-alkyl or cyclic N) is 1. The number of hydrogen-bond acceptors (Lipinski definition) is 2. The molecule has 1 aromatic rings. The monoisotopic (exact) mass is 257 g/mol. The van der Waals surface area contributed by atoms with E-state index in [1.54, 1.807) is 12.1 Å². The minimum Gasteiger partial charge on any atom is -0.392 e. The van der Waals surface area contributed by atoms with Crippen molar-refractivity contribution in [2.75, 3.05) is 13.1 Å². The van der Waals surface area contributed by atoms with Crippen LogP contribution in [0.5, 0.6) is 0 Å². The summed E-state index contributed by atoms with van der Waals surface area (Å²) in [6.07, 6.45) is 0.613. The van der Waals surface area contributed by atoms with Crippen molar-refractivity contribution in [1.29, 1.82) is 0 Å². The average Bonchev–Trinajstić information content (AvgIpc) is 2.28. The molecule has 0 saturated carbocycles. The highest BCUT2D eigenvalue weighted by molar-refractivity contribution is 6.31. The van der Waals surface area contributed by atoms with Gasteiger partial charge in [0.25, 0.3) is 0 Å². The van der Waals surface area contributed by atoms with Crippen molar-refractivity contribution in [2.45, 2.75) is 26.0 Å². The molecule has 2 rings (SSSR count). The molecule has 0 aliphatic carbocycles. The molecular formula is C13H17ClFNO. The zero-order valence-corrected chi connectivity index (χ0v) is 10.6. The molecule has 0 aromatic heterocycles. The molecule has 0 spiro atoms. The molecule has 1 aromatic carbocycles. The van der Waals surface area contributed by atoms with Gasteiger partial charge in [-0.2, -0.15) is 0 Å². The maximum absolute atomic E-state index is 13.6. The minimum atomic E-state index is -0.325.